The molecule has 2 aromatic rings. The van der Waals surface area contributed by atoms with Gasteiger partial charge in [0.15, 0.2) is 5.82 Å². The van der Waals surface area contributed by atoms with Crippen molar-refractivity contribution >= 4 is 5.82 Å². The highest BCUT2D eigenvalue weighted by Crippen LogP contribution is 2.24. The quantitative estimate of drug-likeness (QED) is 0.878. The highest BCUT2D eigenvalue weighted by molar-refractivity contribution is 5.64. The van der Waals surface area contributed by atoms with E-state index in [0.717, 1.165) is 16.8 Å². The molecule has 2 rings (SSSR count). The first-order valence-corrected chi connectivity index (χ1v) is 5.53. The van der Waals surface area contributed by atoms with Crippen LogP contribution < -0.4 is 10.5 Å². The molecule has 1 aromatic carbocycles. The Morgan fingerprint density at radius 1 is 1.29 bits per heavy atom. The number of aryl methyl sites for hydroxylation is 1. The molecule has 0 bridgehead atoms. The van der Waals surface area contributed by atoms with E-state index in [9.17, 15) is 0 Å². The second kappa shape index (κ2) is 4.82. The zero-order valence-electron chi connectivity index (χ0n) is 9.97. The molecule has 1 aromatic heterocycles. The average Bonchev–Trinajstić information content (AvgIpc) is 2.33. The minimum Gasteiger partial charge on any atom is -0.475 e. The van der Waals surface area contributed by atoms with Crippen LogP contribution in [0.2, 0.25) is 0 Å². The number of nitrogens with two attached hydrogens (primary N) is 1. The molecule has 0 saturated heterocycles. The van der Waals surface area contributed by atoms with E-state index >= 15 is 0 Å². The summed E-state index contributed by atoms with van der Waals surface area (Å²) in [5, 5.41) is 0. The molecule has 0 radical (unpaired) electrons. The number of rotatable bonds is 3. The summed E-state index contributed by atoms with van der Waals surface area (Å²) in [5.41, 5.74) is 8.66. The second-order valence-corrected chi connectivity index (χ2v) is 3.69. The monoisotopic (exact) mass is 229 g/mol. The van der Waals surface area contributed by atoms with Crippen LogP contribution in [0, 0.1) is 6.92 Å². The van der Waals surface area contributed by atoms with Crippen molar-refractivity contribution in [1.82, 2.24) is 9.97 Å². The second-order valence-electron chi connectivity index (χ2n) is 3.69. The minimum absolute atomic E-state index is 0.323. The van der Waals surface area contributed by atoms with Gasteiger partial charge in [0.2, 0.25) is 0 Å². The van der Waals surface area contributed by atoms with Crippen molar-refractivity contribution < 1.29 is 4.74 Å². The fourth-order valence-electron chi connectivity index (χ4n) is 1.61. The Labute approximate surface area is 100 Å². The van der Waals surface area contributed by atoms with Gasteiger partial charge in [-0.3, -0.25) is 0 Å². The Morgan fingerprint density at radius 3 is 2.76 bits per heavy atom. The summed E-state index contributed by atoms with van der Waals surface area (Å²) in [6.07, 6.45) is 1.67. The summed E-state index contributed by atoms with van der Waals surface area (Å²) in [4.78, 5) is 8.49. The number of nitrogens with zero attached hydrogens (tertiary/aromatic N) is 2. The van der Waals surface area contributed by atoms with Crippen LogP contribution in [0.3, 0.4) is 0 Å². The molecule has 4 heteroatoms. The van der Waals surface area contributed by atoms with E-state index < -0.39 is 0 Å². The van der Waals surface area contributed by atoms with Crippen molar-refractivity contribution in [3.63, 3.8) is 0 Å². The Hall–Kier alpha value is -2.10. The van der Waals surface area contributed by atoms with Gasteiger partial charge in [0, 0.05) is 5.56 Å². The first-order chi connectivity index (χ1) is 8.22. The van der Waals surface area contributed by atoms with Crippen molar-refractivity contribution in [3.8, 4) is 17.1 Å². The third kappa shape index (κ3) is 2.36. The van der Waals surface area contributed by atoms with Crippen LogP contribution in [0.15, 0.2) is 30.5 Å². The molecule has 0 aliphatic rings. The molecule has 4 nitrogen and oxygen atoms in total. The Kier molecular flexibility index (Phi) is 3.23. The average molecular weight is 229 g/mol. The van der Waals surface area contributed by atoms with Crippen molar-refractivity contribution in [1.29, 1.82) is 0 Å². The SMILES string of the molecule is CCOc1nc(-c2ccccc2C)cnc1N. The van der Waals surface area contributed by atoms with Gasteiger partial charge in [-0.25, -0.2) is 9.97 Å². The molecule has 0 atom stereocenters. The van der Waals surface area contributed by atoms with Gasteiger partial charge in [0.1, 0.15) is 0 Å². The van der Waals surface area contributed by atoms with Crippen LogP contribution in [-0.4, -0.2) is 16.6 Å². The van der Waals surface area contributed by atoms with Gasteiger partial charge in [-0.1, -0.05) is 24.3 Å². The van der Waals surface area contributed by atoms with Crippen molar-refractivity contribution in [2.75, 3.05) is 12.3 Å². The number of aromatic nitrogens is 2. The van der Waals surface area contributed by atoms with Crippen molar-refractivity contribution in [2.45, 2.75) is 13.8 Å². The lowest BCUT2D eigenvalue weighted by Gasteiger charge is -2.08. The largest absolute Gasteiger partial charge is 0.475 e. The van der Waals surface area contributed by atoms with Gasteiger partial charge >= 0.3 is 0 Å². The first kappa shape index (κ1) is 11.4. The minimum atomic E-state index is 0.323. The summed E-state index contributed by atoms with van der Waals surface area (Å²) in [5.74, 6) is 0.720. The topological polar surface area (TPSA) is 61.0 Å². The summed E-state index contributed by atoms with van der Waals surface area (Å²) in [6.45, 7) is 4.45. The van der Waals surface area contributed by atoms with E-state index in [4.69, 9.17) is 10.5 Å². The molecule has 0 saturated carbocycles. The van der Waals surface area contributed by atoms with Gasteiger partial charge in [0.05, 0.1) is 18.5 Å². The molecule has 0 amide bonds. The number of hydrogen-bond donors (Lipinski definition) is 1. The van der Waals surface area contributed by atoms with Crippen LogP contribution >= 0.6 is 0 Å². The number of benzene rings is 1. The molecule has 0 unspecified atom stereocenters. The van der Waals surface area contributed by atoms with Crippen molar-refractivity contribution in [2.24, 2.45) is 0 Å². The molecule has 2 N–H and O–H groups in total. The Morgan fingerprint density at radius 2 is 2.06 bits per heavy atom. The molecular formula is C13H15N3O. The summed E-state index contributed by atoms with van der Waals surface area (Å²) >= 11 is 0. The molecule has 0 aliphatic heterocycles. The highest BCUT2D eigenvalue weighted by atomic mass is 16.5. The van der Waals surface area contributed by atoms with Crippen LogP contribution in [0.1, 0.15) is 12.5 Å². The first-order valence-electron chi connectivity index (χ1n) is 5.53. The molecule has 88 valence electrons. The fourth-order valence-corrected chi connectivity index (χ4v) is 1.61. The van der Waals surface area contributed by atoms with Gasteiger partial charge in [0.25, 0.3) is 5.88 Å². The van der Waals surface area contributed by atoms with E-state index in [1.165, 1.54) is 0 Å². The summed E-state index contributed by atoms with van der Waals surface area (Å²) < 4.78 is 5.34. The zero-order chi connectivity index (χ0) is 12.3. The normalized spacial score (nSPS) is 10.2. The lowest BCUT2D eigenvalue weighted by molar-refractivity contribution is 0.328. The molecule has 0 aliphatic carbocycles. The number of ether oxygens (including phenoxy) is 1. The third-order valence-corrected chi connectivity index (χ3v) is 2.47. The highest BCUT2D eigenvalue weighted by Gasteiger charge is 2.08. The van der Waals surface area contributed by atoms with Crippen molar-refractivity contribution in [3.05, 3.63) is 36.0 Å². The van der Waals surface area contributed by atoms with Crippen LogP contribution in [-0.2, 0) is 0 Å². The van der Waals surface area contributed by atoms with E-state index in [0.29, 0.717) is 18.3 Å². The summed E-state index contributed by atoms with van der Waals surface area (Å²) in [6, 6.07) is 8.01. The van der Waals surface area contributed by atoms with E-state index in [-0.39, 0.29) is 0 Å². The van der Waals surface area contributed by atoms with Gasteiger partial charge in [-0.2, -0.15) is 0 Å². The maximum absolute atomic E-state index is 5.69. The number of anilines is 1. The zero-order valence-corrected chi connectivity index (χ0v) is 9.97. The number of hydrogen-bond acceptors (Lipinski definition) is 4. The molecule has 0 spiro atoms. The lowest BCUT2D eigenvalue weighted by Crippen LogP contribution is -2.02. The van der Waals surface area contributed by atoms with Gasteiger partial charge in [-0.15, -0.1) is 0 Å². The maximum atomic E-state index is 5.69. The van der Waals surface area contributed by atoms with E-state index in [1.54, 1.807) is 6.20 Å². The molecule has 17 heavy (non-hydrogen) atoms. The lowest BCUT2D eigenvalue weighted by atomic mass is 10.1. The predicted octanol–water partition coefficient (Wildman–Crippen LogP) is 2.43. The fraction of sp³-hybridized carbons (Fsp3) is 0.231. The Bertz CT molecular complexity index is 526. The summed E-state index contributed by atoms with van der Waals surface area (Å²) in [7, 11) is 0. The van der Waals surface area contributed by atoms with E-state index in [2.05, 4.69) is 9.97 Å². The maximum Gasteiger partial charge on any atom is 0.257 e. The number of nitrogen functional groups attached to an aromatic ring is 1. The van der Waals surface area contributed by atoms with Crippen LogP contribution in [0.5, 0.6) is 5.88 Å². The van der Waals surface area contributed by atoms with Crippen LogP contribution in [0.4, 0.5) is 5.82 Å². The molecule has 0 fully saturated rings. The van der Waals surface area contributed by atoms with Crippen LogP contribution in [0.25, 0.3) is 11.3 Å². The Balaban J connectivity index is 2.46. The predicted molar refractivity (Wildman–Crippen MR) is 67.8 cm³/mol. The molecule has 1 heterocycles. The van der Waals surface area contributed by atoms with Gasteiger partial charge in [-0.05, 0) is 19.4 Å². The van der Waals surface area contributed by atoms with E-state index in [1.807, 2.05) is 38.1 Å². The smallest absolute Gasteiger partial charge is 0.257 e. The standard InChI is InChI=1S/C13H15N3O/c1-3-17-13-12(14)15-8-11(16-13)10-7-5-4-6-9(10)2/h4-8H,3H2,1-2H3,(H2,14,15). The third-order valence-electron chi connectivity index (χ3n) is 2.47. The van der Waals surface area contributed by atoms with Gasteiger partial charge < -0.3 is 10.5 Å². The molecular weight excluding hydrogens is 214 g/mol.